The molecule has 1 aliphatic rings. The van der Waals surface area contributed by atoms with Crippen LogP contribution in [0.25, 0.3) is 39.1 Å². The highest BCUT2D eigenvalue weighted by Gasteiger charge is 2.20. The molecule has 0 spiro atoms. The summed E-state index contributed by atoms with van der Waals surface area (Å²) in [4.78, 5) is 0. The fourth-order valence-corrected chi connectivity index (χ4v) is 5.69. The second kappa shape index (κ2) is 8.56. The van der Waals surface area contributed by atoms with Crippen LogP contribution in [0.2, 0.25) is 0 Å². The van der Waals surface area contributed by atoms with Crippen LogP contribution in [0.15, 0.2) is 66.2 Å². The number of aromatic nitrogens is 1. The Balaban J connectivity index is 1.63. The van der Waals surface area contributed by atoms with Gasteiger partial charge in [0.25, 0.3) is 0 Å². The average Bonchev–Trinajstić information content (AvgIpc) is 3.19. The van der Waals surface area contributed by atoms with Gasteiger partial charge in [-0.1, -0.05) is 76.0 Å². The minimum atomic E-state index is 0.0404. The number of hydrogen-bond donors (Lipinski definition) is 0. The lowest BCUT2D eigenvalue weighted by atomic mass is 9.82. The number of hydrogen-bond acceptors (Lipinski definition) is 1. The molecule has 5 rings (SSSR count). The van der Waals surface area contributed by atoms with Crippen LogP contribution >= 0.6 is 11.3 Å². The predicted molar refractivity (Wildman–Crippen MR) is 147 cm³/mol. The third-order valence-corrected chi connectivity index (χ3v) is 7.38. The molecule has 0 N–H and O–H groups in total. The Labute approximate surface area is 206 Å². The number of benzene rings is 2. The van der Waals surface area contributed by atoms with Crippen molar-refractivity contribution in [3.8, 4) is 11.3 Å². The first-order valence-electron chi connectivity index (χ1n) is 12.0. The lowest BCUT2D eigenvalue weighted by Gasteiger charge is -2.27. The highest BCUT2D eigenvalue weighted by atomic mass is 32.1. The van der Waals surface area contributed by atoms with Crippen LogP contribution in [0.4, 0.5) is 5.00 Å². The number of thiophene rings is 1. The molecule has 2 nitrogen and oxygen atoms in total. The zero-order valence-corrected chi connectivity index (χ0v) is 21.5. The fraction of sp³-hybridized carbons (Fsp3) is 0.258. The molecule has 2 aromatic heterocycles. The molecule has 0 amide bonds. The van der Waals surface area contributed by atoms with Crippen molar-refractivity contribution in [3.05, 3.63) is 100 Å². The van der Waals surface area contributed by atoms with Gasteiger partial charge in [0.15, 0.2) is 6.20 Å². The van der Waals surface area contributed by atoms with Gasteiger partial charge in [-0.25, -0.2) is 0 Å². The van der Waals surface area contributed by atoms with Crippen LogP contribution in [-0.4, -0.2) is 0 Å². The monoisotopic (exact) mass is 464 g/mol. The Morgan fingerprint density at radius 1 is 1.03 bits per heavy atom. The first-order chi connectivity index (χ1) is 16.2. The summed E-state index contributed by atoms with van der Waals surface area (Å²) >= 11 is 1.75. The van der Waals surface area contributed by atoms with Gasteiger partial charge in [0, 0.05) is 17.7 Å². The highest BCUT2D eigenvalue weighted by Crippen LogP contribution is 2.42. The summed E-state index contributed by atoms with van der Waals surface area (Å²) in [7, 11) is 0. The number of rotatable bonds is 3. The van der Waals surface area contributed by atoms with Crippen LogP contribution in [0.5, 0.6) is 0 Å². The van der Waals surface area contributed by atoms with E-state index in [1.165, 1.54) is 33.0 Å². The van der Waals surface area contributed by atoms with E-state index in [-0.39, 0.29) is 5.41 Å². The van der Waals surface area contributed by atoms with Gasteiger partial charge in [-0.05, 0) is 67.9 Å². The van der Waals surface area contributed by atoms with Gasteiger partial charge >= 0.3 is 0 Å². The molecule has 3 heteroatoms. The van der Waals surface area contributed by atoms with Crippen molar-refractivity contribution in [2.45, 2.75) is 46.5 Å². The van der Waals surface area contributed by atoms with Gasteiger partial charge < -0.3 is 5.32 Å². The standard InChI is InChI=1S/C31H32N2S/c1-20(2)15-24-19-34-30-26(24)11-12-28(32-30)22-13-14-33(6)29(18-22)23-16-21-9-7-8-10-25(21)27(17-23)31(3,4)5/h7-14,16-20H,6,15H2,1-5H3. The maximum atomic E-state index is 5.03. The lowest BCUT2D eigenvalue weighted by molar-refractivity contribution is -0.486. The summed E-state index contributed by atoms with van der Waals surface area (Å²) in [5.74, 6) is 0.640. The molecule has 1 aliphatic heterocycles. The molecule has 4 aromatic rings. The quantitative estimate of drug-likeness (QED) is 0.275. The molecule has 0 unspecified atom stereocenters. The normalized spacial score (nSPS) is 15.0. The Bertz CT molecular complexity index is 1530. The van der Waals surface area contributed by atoms with Gasteiger partial charge in [0.1, 0.15) is 6.72 Å². The second-order valence-electron chi connectivity index (χ2n) is 10.7. The van der Waals surface area contributed by atoms with Crippen molar-refractivity contribution < 1.29 is 4.24 Å². The van der Waals surface area contributed by atoms with E-state index < -0.39 is 0 Å². The summed E-state index contributed by atoms with van der Waals surface area (Å²) in [6.45, 7) is 15.7. The first kappa shape index (κ1) is 22.6. The molecule has 172 valence electrons. The van der Waals surface area contributed by atoms with E-state index in [2.05, 4.69) is 107 Å². The molecule has 34 heavy (non-hydrogen) atoms. The predicted octanol–water partition coefficient (Wildman–Crippen LogP) is 7.83. The zero-order chi connectivity index (χ0) is 24.0. The minimum absolute atomic E-state index is 0.0404. The van der Waals surface area contributed by atoms with Gasteiger partial charge in [-0.2, -0.15) is 15.6 Å². The van der Waals surface area contributed by atoms with Crippen molar-refractivity contribution in [2.24, 2.45) is 5.92 Å². The second-order valence-corrected chi connectivity index (χ2v) is 11.5. The fourth-order valence-electron chi connectivity index (χ4n) is 4.74. The van der Waals surface area contributed by atoms with Crippen LogP contribution < -0.4 is 9.46 Å². The maximum absolute atomic E-state index is 5.03. The Hall–Kier alpha value is -3.17. The molecule has 0 bridgehead atoms. The summed E-state index contributed by atoms with van der Waals surface area (Å²) in [6.07, 6.45) is 7.54. The van der Waals surface area contributed by atoms with Crippen LogP contribution in [0.3, 0.4) is 0 Å². The van der Waals surface area contributed by atoms with E-state index in [1.54, 1.807) is 11.3 Å². The van der Waals surface area contributed by atoms with Crippen LogP contribution in [0, 0.1) is 12.6 Å². The molecule has 0 aliphatic carbocycles. The number of fused-ring (bicyclic) bond motifs is 2. The molecular formula is C31H32N2S. The highest BCUT2D eigenvalue weighted by molar-refractivity contribution is 7.15. The summed E-state index contributed by atoms with van der Waals surface area (Å²) < 4.78 is 1.96. The lowest BCUT2D eigenvalue weighted by Crippen LogP contribution is -2.22. The minimum Gasteiger partial charge on any atom is -0.648 e. The van der Waals surface area contributed by atoms with Crippen molar-refractivity contribution in [1.29, 1.82) is 0 Å². The van der Waals surface area contributed by atoms with Gasteiger partial charge in [0.2, 0.25) is 5.69 Å². The van der Waals surface area contributed by atoms with Gasteiger partial charge in [-0.15, -0.1) is 5.70 Å². The zero-order valence-electron chi connectivity index (χ0n) is 20.7. The first-order valence-corrected chi connectivity index (χ1v) is 12.9. The van der Waals surface area contributed by atoms with Crippen molar-refractivity contribution >= 4 is 38.9 Å². The Kier molecular flexibility index (Phi) is 5.69. The molecule has 3 heterocycles. The van der Waals surface area contributed by atoms with E-state index in [1.807, 2.05) is 10.4 Å². The van der Waals surface area contributed by atoms with Crippen molar-refractivity contribution in [3.63, 3.8) is 0 Å². The summed E-state index contributed by atoms with van der Waals surface area (Å²) in [5.41, 5.74) is 7.35. The molecule has 0 saturated heterocycles. The largest absolute Gasteiger partial charge is 0.648 e. The molecule has 0 radical (unpaired) electrons. The maximum Gasteiger partial charge on any atom is 0.217 e. The van der Waals surface area contributed by atoms with E-state index in [0.717, 1.165) is 28.0 Å². The van der Waals surface area contributed by atoms with Crippen molar-refractivity contribution in [1.82, 2.24) is 0 Å². The third kappa shape index (κ3) is 4.21. The number of nitrogens with zero attached hydrogens (tertiary/aromatic N) is 2. The summed E-state index contributed by atoms with van der Waals surface area (Å²) in [6, 6.07) is 17.6. The number of pyridine rings is 1. The SMILES string of the molecule is C=[n+]1ccc(=C2C=Cc3c(CC(C)C)csc3[N-]2)cc1-c1cc(C(C)(C)C)c2ccccc2c1. The van der Waals surface area contributed by atoms with E-state index >= 15 is 0 Å². The Morgan fingerprint density at radius 2 is 1.82 bits per heavy atom. The average molecular weight is 465 g/mol. The van der Waals surface area contributed by atoms with E-state index in [4.69, 9.17) is 5.32 Å². The van der Waals surface area contributed by atoms with E-state index in [0.29, 0.717) is 5.92 Å². The van der Waals surface area contributed by atoms with Crippen LogP contribution in [-0.2, 0) is 11.8 Å². The van der Waals surface area contributed by atoms with Crippen molar-refractivity contribution in [2.75, 3.05) is 0 Å². The molecule has 2 aromatic carbocycles. The molecular weight excluding hydrogens is 432 g/mol. The smallest absolute Gasteiger partial charge is 0.217 e. The van der Waals surface area contributed by atoms with Crippen LogP contribution in [0.1, 0.15) is 51.3 Å². The Morgan fingerprint density at radius 3 is 2.59 bits per heavy atom. The van der Waals surface area contributed by atoms with E-state index in [9.17, 15) is 0 Å². The summed E-state index contributed by atoms with van der Waals surface area (Å²) in [5, 5.41) is 12.1. The van der Waals surface area contributed by atoms with Gasteiger partial charge in [0.05, 0.1) is 0 Å². The molecule has 0 saturated carbocycles. The molecule has 0 atom stereocenters. The molecule has 0 fully saturated rings. The topological polar surface area (TPSA) is 20.0 Å². The van der Waals surface area contributed by atoms with Gasteiger partial charge in [-0.3, -0.25) is 0 Å². The third-order valence-electron chi connectivity index (χ3n) is 6.44.